The monoisotopic (exact) mass is 535 g/mol. The van der Waals surface area contributed by atoms with Crippen molar-refractivity contribution in [3.63, 3.8) is 0 Å². The second kappa shape index (κ2) is 12.7. The Kier molecular flexibility index (Phi) is 9.69. The number of hydrogen-bond donors (Lipinski definition) is 1. The van der Waals surface area contributed by atoms with Crippen LogP contribution in [0.2, 0.25) is 0 Å². The van der Waals surface area contributed by atoms with Gasteiger partial charge in [0.25, 0.3) is 10.0 Å². The maximum Gasteiger partial charge on any atom is 0.264 e. The molecule has 0 bridgehead atoms. The average molecular weight is 536 g/mol. The van der Waals surface area contributed by atoms with Crippen molar-refractivity contribution in [3.05, 3.63) is 95.6 Å². The normalized spacial score (nSPS) is 12.9. The molecule has 2 amide bonds. The van der Waals surface area contributed by atoms with Gasteiger partial charge in [-0.05, 0) is 63.4 Å². The van der Waals surface area contributed by atoms with Gasteiger partial charge >= 0.3 is 0 Å². The lowest BCUT2D eigenvalue weighted by molar-refractivity contribution is -0.139. The molecule has 38 heavy (non-hydrogen) atoms. The minimum Gasteiger partial charge on any atom is -0.352 e. The number of aryl methyl sites for hydroxylation is 2. The molecule has 2 unspecified atom stereocenters. The number of nitrogens with zero attached hydrogens (tertiary/aromatic N) is 2. The molecule has 0 fully saturated rings. The van der Waals surface area contributed by atoms with E-state index in [-0.39, 0.29) is 23.4 Å². The van der Waals surface area contributed by atoms with E-state index in [0.29, 0.717) is 11.3 Å². The third kappa shape index (κ3) is 7.01. The van der Waals surface area contributed by atoms with Gasteiger partial charge in [0.2, 0.25) is 11.8 Å². The topological polar surface area (TPSA) is 86.8 Å². The van der Waals surface area contributed by atoms with Crippen LogP contribution in [-0.2, 0) is 26.2 Å². The Morgan fingerprint density at radius 2 is 1.55 bits per heavy atom. The minimum absolute atomic E-state index is 0.0530. The number of hydrogen-bond acceptors (Lipinski definition) is 4. The zero-order valence-electron chi connectivity index (χ0n) is 22.7. The molecule has 0 radical (unpaired) electrons. The summed E-state index contributed by atoms with van der Waals surface area (Å²) in [6.07, 6.45) is 0.751. The molecular weight excluding hydrogens is 498 g/mol. The molecule has 2 atom stereocenters. The third-order valence-electron chi connectivity index (χ3n) is 6.60. The fraction of sp³-hybridized carbons (Fsp3) is 0.333. The van der Waals surface area contributed by atoms with Crippen molar-refractivity contribution in [2.75, 3.05) is 10.8 Å². The average Bonchev–Trinajstić information content (AvgIpc) is 2.90. The number of sulfonamides is 1. The van der Waals surface area contributed by atoms with Crippen molar-refractivity contribution in [3.8, 4) is 0 Å². The molecule has 3 aromatic rings. The molecule has 3 rings (SSSR count). The van der Waals surface area contributed by atoms with Crippen LogP contribution in [0.4, 0.5) is 5.69 Å². The summed E-state index contributed by atoms with van der Waals surface area (Å²) in [5, 5.41) is 2.95. The van der Waals surface area contributed by atoms with Crippen molar-refractivity contribution >= 4 is 27.5 Å². The smallest absolute Gasteiger partial charge is 0.264 e. The Bertz CT molecular complexity index is 1360. The predicted molar refractivity (Wildman–Crippen MR) is 151 cm³/mol. The van der Waals surface area contributed by atoms with Gasteiger partial charge in [0.1, 0.15) is 12.6 Å². The van der Waals surface area contributed by atoms with Crippen LogP contribution in [0.25, 0.3) is 0 Å². The Morgan fingerprint density at radius 1 is 0.895 bits per heavy atom. The number of benzene rings is 3. The number of carbonyl (C=O) groups is 2. The summed E-state index contributed by atoms with van der Waals surface area (Å²) in [5.41, 5.74) is 3.01. The molecule has 8 heteroatoms. The first-order chi connectivity index (χ1) is 18.0. The summed E-state index contributed by atoms with van der Waals surface area (Å²) in [7, 11) is -4.07. The maximum absolute atomic E-state index is 13.9. The van der Waals surface area contributed by atoms with Crippen LogP contribution in [0.5, 0.6) is 0 Å². The van der Waals surface area contributed by atoms with Gasteiger partial charge in [-0.2, -0.15) is 0 Å². The van der Waals surface area contributed by atoms with Crippen molar-refractivity contribution < 1.29 is 18.0 Å². The van der Waals surface area contributed by atoms with Crippen LogP contribution >= 0.6 is 0 Å². The number of carbonyl (C=O) groups excluding carboxylic acids is 2. The quantitative estimate of drug-likeness (QED) is 0.381. The molecular formula is C30H37N3O4S. The number of amides is 2. The van der Waals surface area contributed by atoms with E-state index < -0.39 is 28.5 Å². The van der Waals surface area contributed by atoms with Gasteiger partial charge in [0.15, 0.2) is 0 Å². The Labute approximate surface area is 226 Å². The van der Waals surface area contributed by atoms with Crippen molar-refractivity contribution in [1.29, 1.82) is 0 Å². The summed E-state index contributed by atoms with van der Waals surface area (Å²) in [6, 6.07) is 22.0. The molecule has 0 aliphatic heterocycles. The molecule has 3 aromatic carbocycles. The number of rotatable bonds is 11. The molecule has 0 saturated heterocycles. The maximum atomic E-state index is 13.9. The highest BCUT2D eigenvalue weighted by molar-refractivity contribution is 7.92. The summed E-state index contributed by atoms with van der Waals surface area (Å²) in [6.45, 7) is 9.04. The van der Waals surface area contributed by atoms with E-state index in [9.17, 15) is 18.0 Å². The van der Waals surface area contributed by atoms with Crippen molar-refractivity contribution in [1.82, 2.24) is 10.2 Å². The van der Waals surface area contributed by atoms with E-state index in [4.69, 9.17) is 0 Å². The molecule has 7 nitrogen and oxygen atoms in total. The first kappa shape index (κ1) is 28.9. The van der Waals surface area contributed by atoms with Gasteiger partial charge in [-0.1, -0.05) is 73.2 Å². The van der Waals surface area contributed by atoms with E-state index in [1.165, 1.54) is 17.0 Å². The van der Waals surface area contributed by atoms with Gasteiger partial charge in [-0.25, -0.2) is 8.42 Å². The number of para-hydroxylation sites is 1. The van der Waals surface area contributed by atoms with E-state index in [0.717, 1.165) is 21.9 Å². The van der Waals surface area contributed by atoms with Gasteiger partial charge in [-0.3, -0.25) is 13.9 Å². The molecule has 0 aliphatic carbocycles. The first-order valence-electron chi connectivity index (χ1n) is 12.8. The van der Waals surface area contributed by atoms with Gasteiger partial charge in [-0.15, -0.1) is 0 Å². The molecule has 0 saturated carbocycles. The first-order valence-corrected chi connectivity index (χ1v) is 14.3. The lowest BCUT2D eigenvalue weighted by Gasteiger charge is -2.33. The van der Waals surface area contributed by atoms with Crippen LogP contribution in [0, 0.1) is 13.8 Å². The summed E-state index contributed by atoms with van der Waals surface area (Å²) >= 11 is 0. The second-order valence-electron chi connectivity index (χ2n) is 9.62. The number of anilines is 1. The SMILES string of the molecule is CCC(C)NC(=O)C(C)N(Cc1cccc(C)c1)C(=O)CN(c1ccccc1C)S(=O)(=O)c1ccccc1. The van der Waals surface area contributed by atoms with E-state index in [1.807, 2.05) is 51.1 Å². The van der Waals surface area contributed by atoms with Crippen LogP contribution in [-0.4, -0.2) is 43.8 Å². The van der Waals surface area contributed by atoms with Crippen LogP contribution in [0.1, 0.15) is 43.9 Å². The number of nitrogens with one attached hydrogen (secondary N) is 1. The summed E-state index contributed by atoms with van der Waals surface area (Å²) in [5.74, 6) is -0.755. The van der Waals surface area contributed by atoms with Crippen molar-refractivity contribution in [2.24, 2.45) is 0 Å². The van der Waals surface area contributed by atoms with E-state index in [1.54, 1.807) is 50.2 Å². The molecule has 0 aliphatic rings. The molecule has 1 N–H and O–H groups in total. The Hall–Kier alpha value is -3.65. The van der Waals surface area contributed by atoms with Crippen LogP contribution in [0.3, 0.4) is 0 Å². The molecule has 0 spiro atoms. The summed E-state index contributed by atoms with van der Waals surface area (Å²) < 4.78 is 28.8. The standard InChI is InChI=1S/C30H37N3O4S/c1-6-24(4)31-30(35)25(5)32(20-26-15-12-13-22(2)19-26)29(34)21-33(28-18-11-10-14-23(28)3)38(36,37)27-16-8-7-9-17-27/h7-19,24-25H,6,20-21H2,1-5H3,(H,31,35). The molecule has 0 aromatic heterocycles. The fourth-order valence-corrected chi connectivity index (χ4v) is 5.63. The zero-order chi connectivity index (χ0) is 27.9. The van der Waals surface area contributed by atoms with Crippen LogP contribution in [0.15, 0.2) is 83.8 Å². The predicted octanol–water partition coefficient (Wildman–Crippen LogP) is 4.83. The third-order valence-corrected chi connectivity index (χ3v) is 8.37. The lowest BCUT2D eigenvalue weighted by Crippen LogP contribution is -2.52. The second-order valence-corrected chi connectivity index (χ2v) is 11.5. The molecule has 0 heterocycles. The van der Waals surface area contributed by atoms with E-state index >= 15 is 0 Å². The Balaban J connectivity index is 2.03. The van der Waals surface area contributed by atoms with E-state index in [2.05, 4.69) is 5.32 Å². The highest BCUT2D eigenvalue weighted by Crippen LogP contribution is 2.27. The summed E-state index contributed by atoms with van der Waals surface area (Å²) in [4.78, 5) is 28.6. The highest BCUT2D eigenvalue weighted by atomic mass is 32.2. The van der Waals surface area contributed by atoms with Gasteiger partial charge < -0.3 is 10.2 Å². The Morgan fingerprint density at radius 3 is 2.18 bits per heavy atom. The lowest BCUT2D eigenvalue weighted by atomic mass is 10.1. The van der Waals surface area contributed by atoms with Gasteiger partial charge in [0.05, 0.1) is 10.6 Å². The minimum atomic E-state index is -4.07. The molecule has 202 valence electrons. The van der Waals surface area contributed by atoms with Crippen LogP contribution < -0.4 is 9.62 Å². The van der Waals surface area contributed by atoms with Crippen molar-refractivity contribution in [2.45, 2.75) is 64.6 Å². The fourth-order valence-electron chi connectivity index (χ4n) is 4.13. The largest absolute Gasteiger partial charge is 0.352 e. The zero-order valence-corrected chi connectivity index (χ0v) is 23.5. The van der Waals surface area contributed by atoms with Gasteiger partial charge in [0, 0.05) is 12.6 Å². The highest BCUT2D eigenvalue weighted by Gasteiger charge is 2.33.